The van der Waals surface area contributed by atoms with E-state index in [2.05, 4.69) is 21.3 Å². The lowest BCUT2D eigenvalue weighted by Crippen LogP contribution is -1.48. The number of rotatable bonds is 0. The van der Waals surface area contributed by atoms with Crippen molar-refractivity contribution >= 4 is 59.6 Å². The third-order valence-electron chi connectivity index (χ3n) is 1.19. The van der Waals surface area contributed by atoms with E-state index in [0.29, 0.717) is 0 Å². The van der Waals surface area contributed by atoms with Crippen molar-refractivity contribution in [2.24, 2.45) is 0 Å². The van der Waals surface area contributed by atoms with Gasteiger partial charge in [-0.1, -0.05) is 11.6 Å². The summed E-state index contributed by atoms with van der Waals surface area (Å²) in [6.07, 6.45) is 0. The van der Waals surface area contributed by atoms with Crippen LogP contribution >= 0.6 is 50.2 Å². The van der Waals surface area contributed by atoms with Gasteiger partial charge in [0.15, 0.2) is 0 Å². The van der Waals surface area contributed by atoms with E-state index in [4.69, 9.17) is 11.6 Å². The van der Waals surface area contributed by atoms with Gasteiger partial charge in [0.2, 0.25) is 0 Å². The molecule has 10 heavy (non-hydrogen) atoms. The third kappa shape index (κ3) is 1.01. The Labute approximate surface area is 79.6 Å². The highest BCUT2D eigenvalue weighted by molar-refractivity contribution is 9.10. The Kier molecular flexibility index (Phi) is 1.76. The van der Waals surface area contributed by atoms with E-state index in [1.165, 1.54) is 9.40 Å². The second-order valence-electron chi connectivity index (χ2n) is 1.84. The number of hydrogen-bond donors (Lipinski definition) is 0. The molecule has 0 N–H and O–H groups in total. The quantitative estimate of drug-likeness (QED) is 0.654. The van der Waals surface area contributed by atoms with Gasteiger partial charge in [-0.05, 0) is 22.0 Å². The Balaban J connectivity index is 2.90. The highest BCUT2D eigenvalue weighted by Crippen LogP contribution is 2.38. The molecule has 0 aromatic carbocycles. The van der Waals surface area contributed by atoms with Crippen molar-refractivity contribution in [2.75, 3.05) is 0 Å². The third-order valence-corrected chi connectivity index (χ3v) is 4.54. The molecule has 2 rings (SSSR count). The van der Waals surface area contributed by atoms with Gasteiger partial charge in [-0.2, -0.15) is 0 Å². The molecule has 0 radical (unpaired) electrons. The molecule has 0 bridgehead atoms. The summed E-state index contributed by atoms with van der Waals surface area (Å²) in [5.74, 6) is 0. The summed E-state index contributed by atoms with van der Waals surface area (Å²) in [6.45, 7) is 0. The van der Waals surface area contributed by atoms with Gasteiger partial charge in [-0.3, -0.25) is 0 Å². The molecule has 0 amide bonds. The standard InChI is InChI=1S/C6H2BrClS2/c7-4-2-9-6-3(4)1-5(8)10-6/h1-2H. The number of thiophene rings is 2. The summed E-state index contributed by atoms with van der Waals surface area (Å²) in [4.78, 5) is 0. The minimum atomic E-state index is 0.863. The van der Waals surface area contributed by atoms with Gasteiger partial charge in [-0.15, -0.1) is 22.7 Å². The average molecular weight is 254 g/mol. The normalized spacial score (nSPS) is 11.0. The SMILES string of the molecule is Clc1cc2c(Br)csc2s1. The first-order valence-corrected chi connectivity index (χ1v) is 5.46. The van der Waals surface area contributed by atoms with Crippen LogP contribution < -0.4 is 0 Å². The molecule has 0 unspecified atom stereocenters. The smallest absolute Gasteiger partial charge is 0.0950 e. The summed E-state index contributed by atoms with van der Waals surface area (Å²) in [6, 6.07) is 1.99. The van der Waals surface area contributed by atoms with Crippen LogP contribution in [0.5, 0.6) is 0 Å². The van der Waals surface area contributed by atoms with Crippen molar-refractivity contribution in [1.29, 1.82) is 0 Å². The lowest BCUT2D eigenvalue weighted by Gasteiger charge is -1.74. The first-order chi connectivity index (χ1) is 4.77. The molecular weight excluding hydrogens is 252 g/mol. The van der Waals surface area contributed by atoms with Crippen LogP contribution in [-0.2, 0) is 0 Å². The minimum absolute atomic E-state index is 0.863. The Morgan fingerprint density at radius 2 is 2.30 bits per heavy atom. The van der Waals surface area contributed by atoms with E-state index in [1.807, 2.05) is 6.07 Å². The van der Waals surface area contributed by atoms with Gasteiger partial charge in [0.1, 0.15) is 0 Å². The summed E-state index contributed by atoms with van der Waals surface area (Å²) < 4.78 is 3.30. The average Bonchev–Trinajstić information content (AvgIpc) is 2.35. The maximum absolute atomic E-state index is 5.80. The first kappa shape index (κ1) is 7.10. The summed E-state index contributed by atoms with van der Waals surface area (Å²) in [5.41, 5.74) is 0. The van der Waals surface area contributed by atoms with Gasteiger partial charge in [0.25, 0.3) is 0 Å². The molecule has 0 saturated carbocycles. The molecule has 0 fully saturated rings. The summed E-state index contributed by atoms with van der Waals surface area (Å²) in [7, 11) is 0. The fraction of sp³-hybridized carbons (Fsp3) is 0. The molecule has 2 aromatic heterocycles. The van der Waals surface area contributed by atoms with Crippen molar-refractivity contribution in [3.63, 3.8) is 0 Å². The van der Waals surface area contributed by atoms with Crippen molar-refractivity contribution in [3.05, 3.63) is 20.3 Å². The van der Waals surface area contributed by atoms with Crippen LogP contribution in [0, 0.1) is 0 Å². The molecule has 0 atom stereocenters. The molecule has 2 aromatic rings. The van der Waals surface area contributed by atoms with Crippen molar-refractivity contribution in [2.45, 2.75) is 0 Å². The lowest BCUT2D eigenvalue weighted by atomic mass is 10.4. The molecular formula is C6H2BrClS2. The first-order valence-electron chi connectivity index (χ1n) is 2.59. The van der Waals surface area contributed by atoms with E-state index >= 15 is 0 Å². The summed E-state index contributed by atoms with van der Waals surface area (Å²) >= 11 is 12.6. The van der Waals surface area contributed by atoms with Crippen LogP contribution in [0.3, 0.4) is 0 Å². The van der Waals surface area contributed by atoms with Gasteiger partial charge < -0.3 is 0 Å². The fourth-order valence-electron chi connectivity index (χ4n) is 0.768. The fourth-order valence-corrected chi connectivity index (χ4v) is 3.97. The van der Waals surface area contributed by atoms with Gasteiger partial charge in [0, 0.05) is 15.2 Å². The Morgan fingerprint density at radius 1 is 1.50 bits per heavy atom. The largest absolute Gasteiger partial charge is 0.132 e. The van der Waals surface area contributed by atoms with Crippen LogP contribution in [0.15, 0.2) is 15.9 Å². The molecule has 0 saturated heterocycles. The van der Waals surface area contributed by atoms with Crippen molar-refractivity contribution < 1.29 is 0 Å². The van der Waals surface area contributed by atoms with E-state index in [9.17, 15) is 0 Å². The molecule has 0 nitrogen and oxygen atoms in total. The molecule has 0 spiro atoms. The van der Waals surface area contributed by atoms with E-state index in [0.717, 1.165) is 8.81 Å². The van der Waals surface area contributed by atoms with Crippen LogP contribution in [-0.4, -0.2) is 0 Å². The molecule has 0 aliphatic carbocycles. The zero-order valence-corrected chi connectivity index (χ0v) is 8.70. The number of fused-ring (bicyclic) bond motifs is 1. The zero-order valence-electron chi connectivity index (χ0n) is 4.73. The molecule has 52 valence electrons. The van der Waals surface area contributed by atoms with Gasteiger partial charge in [0.05, 0.1) is 8.35 Å². The minimum Gasteiger partial charge on any atom is -0.132 e. The maximum atomic E-state index is 5.80. The lowest BCUT2D eigenvalue weighted by molar-refractivity contribution is 1.99. The topological polar surface area (TPSA) is 0 Å². The second kappa shape index (κ2) is 2.48. The molecule has 0 aliphatic heterocycles. The Bertz CT molecular complexity index is 363. The highest BCUT2D eigenvalue weighted by atomic mass is 79.9. The highest BCUT2D eigenvalue weighted by Gasteiger charge is 2.04. The van der Waals surface area contributed by atoms with Crippen LogP contribution in [0.4, 0.5) is 0 Å². The van der Waals surface area contributed by atoms with Gasteiger partial charge >= 0.3 is 0 Å². The Morgan fingerprint density at radius 3 is 3.00 bits per heavy atom. The second-order valence-corrected chi connectivity index (χ2v) is 5.51. The Hall–Kier alpha value is 0.430. The van der Waals surface area contributed by atoms with Crippen LogP contribution in [0.25, 0.3) is 9.40 Å². The molecule has 4 heteroatoms. The predicted molar refractivity (Wildman–Crippen MR) is 52.4 cm³/mol. The van der Waals surface area contributed by atoms with Gasteiger partial charge in [-0.25, -0.2) is 0 Å². The summed E-state index contributed by atoms with van der Waals surface area (Å²) in [5, 5.41) is 3.32. The van der Waals surface area contributed by atoms with E-state index in [-0.39, 0.29) is 0 Å². The maximum Gasteiger partial charge on any atom is 0.0950 e. The van der Waals surface area contributed by atoms with Crippen LogP contribution in [0.1, 0.15) is 0 Å². The predicted octanol–water partition coefficient (Wildman–Crippen LogP) is 4.38. The number of hydrogen-bond acceptors (Lipinski definition) is 2. The van der Waals surface area contributed by atoms with Crippen molar-refractivity contribution in [1.82, 2.24) is 0 Å². The van der Waals surface area contributed by atoms with E-state index < -0.39 is 0 Å². The van der Waals surface area contributed by atoms with Crippen molar-refractivity contribution in [3.8, 4) is 0 Å². The van der Waals surface area contributed by atoms with Crippen LogP contribution in [0.2, 0.25) is 4.34 Å². The van der Waals surface area contributed by atoms with E-state index in [1.54, 1.807) is 22.7 Å². The molecule has 0 aliphatic rings. The molecule has 2 heterocycles. The monoisotopic (exact) mass is 252 g/mol. The number of halogens is 2. The zero-order chi connectivity index (χ0) is 7.14.